The van der Waals surface area contributed by atoms with Gasteiger partial charge in [-0.1, -0.05) is 53.5 Å². The van der Waals surface area contributed by atoms with Crippen LogP contribution in [0, 0.1) is 11.8 Å². The van der Waals surface area contributed by atoms with Crippen LogP contribution in [0.3, 0.4) is 0 Å². The van der Waals surface area contributed by atoms with Gasteiger partial charge in [0.2, 0.25) is 0 Å². The van der Waals surface area contributed by atoms with E-state index in [1.54, 1.807) is 32.9 Å². The third kappa shape index (κ3) is 11.8. The molecule has 0 amide bonds. The minimum Gasteiger partial charge on any atom is -0.462 e. The van der Waals surface area contributed by atoms with Crippen molar-refractivity contribution < 1.29 is 38.1 Å². The van der Waals surface area contributed by atoms with Crippen LogP contribution in [0.15, 0.2) is 18.2 Å². The summed E-state index contributed by atoms with van der Waals surface area (Å²) in [6.07, 6.45) is 3.39. The molecule has 0 radical (unpaired) electrons. The molecule has 9 heteroatoms. The predicted molar refractivity (Wildman–Crippen MR) is 139 cm³/mol. The van der Waals surface area contributed by atoms with Crippen LogP contribution in [-0.2, 0) is 35.1 Å². The molecule has 0 fully saturated rings. The molecule has 0 aliphatic carbocycles. The van der Waals surface area contributed by atoms with Gasteiger partial charge in [-0.2, -0.15) is 0 Å². The van der Waals surface area contributed by atoms with E-state index in [0.29, 0.717) is 31.2 Å². The Labute approximate surface area is 220 Å². The second-order valence-electron chi connectivity index (χ2n) is 9.49. The molecule has 1 aromatic rings. The Kier molecular flexibility index (Phi) is 14.5. The van der Waals surface area contributed by atoms with Gasteiger partial charge in [-0.05, 0) is 50.3 Å². The van der Waals surface area contributed by atoms with E-state index in [0.717, 1.165) is 12.8 Å². The minimum absolute atomic E-state index is 0.0517. The summed E-state index contributed by atoms with van der Waals surface area (Å²) in [4.78, 5) is 49.0. The van der Waals surface area contributed by atoms with Crippen LogP contribution in [0.2, 0.25) is 0 Å². The van der Waals surface area contributed by atoms with Crippen LogP contribution in [0.25, 0.3) is 0 Å². The molecule has 0 bridgehead atoms. The van der Waals surface area contributed by atoms with Crippen molar-refractivity contribution in [1.29, 1.82) is 0 Å². The molecule has 1 aromatic carbocycles. The number of carbonyl (C=O) groups excluding carboxylic acids is 4. The molecule has 0 heterocycles. The SMILES string of the molecule is CCCC(=O)OC[C@H](C)OC(=O)[C@@H](N)Cc1ccc(OC(=O)C(C)CCC)c(OC(=O)C(C)CCC)c1. The highest BCUT2D eigenvalue weighted by Crippen LogP contribution is 2.31. The van der Waals surface area contributed by atoms with Crippen molar-refractivity contribution in [2.75, 3.05) is 6.61 Å². The number of nitrogens with two attached hydrogens (primary N) is 1. The smallest absolute Gasteiger partial charge is 0.323 e. The van der Waals surface area contributed by atoms with Gasteiger partial charge in [0, 0.05) is 6.42 Å². The molecule has 4 atom stereocenters. The van der Waals surface area contributed by atoms with E-state index >= 15 is 0 Å². The van der Waals surface area contributed by atoms with Crippen molar-refractivity contribution in [3.05, 3.63) is 23.8 Å². The second kappa shape index (κ2) is 16.7. The highest BCUT2D eigenvalue weighted by Gasteiger charge is 2.23. The summed E-state index contributed by atoms with van der Waals surface area (Å²) in [6.45, 7) is 10.9. The highest BCUT2D eigenvalue weighted by molar-refractivity contribution is 5.79. The zero-order valence-corrected chi connectivity index (χ0v) is 23.0. The van der Waals surface area contributed by atoms with E-state index < -0.39 is 30.1 Å². The number of hydrogen-bond donors (Lipinski definition) is 1. The number of esters is 4. The van der Waals surface area contributed by atoms with Gasteiger partial charge in [-0.25, -0.2) is 0 Å². The van der Waals surface area contributed by atoms with E-state index in [9.17, 15) is 19.2 Å². The molecule has 37 heavy (non-hydrogen) atoms. The van der Waals surface area contributed by atoms with E-state index in [1.807, 2.05) is 20.8 Å². The molecule has 0 spiro atoms. The second-order valence-corrected chi connectivity index (χ2v) is 9.49. The first kappa shape index (κ1) is 32.1. The predicted octanol–water partition coefficient (Wildman–Crippen LogP) is 4.51. The zero-order chi connectivity index (χ0) is 28.0. The number of hydrogen-bond acceptors (Lipinski definition) is 9. The average Bonchev–Trinajstić information content (AvgIpc) is 2.84. The fourth-order valence-electron chi connectivity index (χ4n) is 3.51. The molecule has 0 saturated carbocycles. The summed E-state index contributed by atoms with van der Waals surface area (Å²) < 4.78 is 21.5. The van der Waals surface area contributed by atoms with Gasteiger partial charge in [0.15, 0.2) is 11.5 Å². The fourth-order valence-corrected chi connectivity index (χ4v) is 3.51. The summed E-state index contributed by atoms with van der Waals surface area (Å²) in [5, 5.41) is 0. The Hall–Kier alpha value is -2.94. The Balaban J connectivity index is 2.95. The fraction of sp³-hybridized carbons (Fsp3) is 0.643. The lowest BCUT2D eigenvalue weighted by atomic mass is 10.0. The van der Waals surface area contributed by atoms with Gasteiger partial charge in [0.1, 0.15) is 18.8 Å². The number of rotatable bonds is 16. The van der Waals surface area contributed by atoms with E-state index in [1.165, 1.54) is 6.07 Å². The van der Waals surface area contributed by atoms with Crippen molar-refractivity contribution >= 4 is 23.9 Å². The Bertz CT molecular complexity index is 900. The van der Waals surface area contributed by atoms with Crippen molar-refractivity contribution in [3.8, 4) is 11.5 Å². The first-order valence-corrected chi connectivity index (χ1v) is 13.2. The first-order chi connectivity index (χ1) is 17.5. The zero-order valence-electron chi connectivity index (χ0n) is 23.0. The molecule has 9 nitrogen and oxygen atoms in total. The maximum Gasteiger partial charge on any atom is 0.323 e. The molecule has 0 saturated heterocycles. The van der Waals surface area contributed by atoms with E-state index in [-0.39, 0.29) is 42.3 Å². The van der Waals surface area contributed by atoms with Crippen molar-refractivity contribution in [2.45, 2.75) is 98.6 Å². The van der Waals surface area contributed by atoms with Gasteiger partial charge in [-0.3, -0.25) is 19.2 Å². The monoisotopic (exact) mass is 521 g/mol. The molecule has 1 rings (SSSR count). The lowest BCUT2D eigenvalue weighted by molar-refractivity contribution is -0.159. The Morgan fingerprint density at radius 2 is 1.38 bits per heavy atom. The summed E-state index contributed by atoms with van der Waals surface area (Å²) in [7, 11) is 0. The summed E-state index contributed by atoms with van der Waals surface area (Å²) >= 11 is 0. The first-order valence-electron chi connectivity index (χ1n) is 13.2. The van der Waals surface area contributed by atoms with Gasteiger partial charge >= 0.3 is 23.9 Å². The number of carbonyl (C=O) groups is 4. The van der Waals surface area contributed by atoms with Crippen LogP contribution in [0.1, 0.15) is 85.6 Å². The van der Waals surface area contributed by atoms with Crippen LogP contribution < -0.4 is 15.2 Å². The standard InChI is InChI=1S/C28H43NO8/c1-7-10-18(4)26(31)36-23-14-13-21(16-24(23)37-27(32)19(5)11-8-2)15-22(29)28(33)35-20(6)17-34-25(30)12-9-3/h13-14,16,18-20,22H,7-12,15,17,29H2,1-6H3/t18?,19?,20-,22-/m0/s1. The third-order valence-electron chi connectivity index (χ3n) is 5.69. The summed E-state index contributed by atoms with van der Waals surface area (Å²) in [5.74, 6) is -2.27. The molecule has 208 valence electrons. The maximum absolute atomic E-state index is 12.6. The molecule has 2 N–H and O–H groups in total. The third-order valence-corrected chi connectivity index (χ3v) is 5.69. The highest BCUT2D eigenvalue weighted by atomic mass is 16.6. The quantitative estimate of drug-likeness (QED) is 0.246. The molecule has 0 aliphatic heterocycles. The molecular formula is C28H43NO8. The van der Waals surface area contributed by atoms with E-state index in [2.05, 4.69) is 0 Å². The Morgan fingerprint density at radius 3 is 1.92 bits per heavy atom. The minimum atomic E-state index is -1.01. The molecule has 0 aliphatic rings. The molecule has 0 aromatic heterocycles. The lowest BCUT2D eigenvalue weighted by Gasteiger charge is -2.18. The van der Waals surface area contributed by atoms with Crippen LogP contribution in [-0.4, -0.2) is 42.6 Å². The van der Waals surface area contributed by atoms with Gasteiger partial charge in [0.05, 0.1) is 11.8 Å². The normalized spacial score (nSPS) is 14.1. The van der Waals surface area contributed by atoms with Crippen molar-refractivity contribution in [2.24, 2.45) is 17.6 Å². The van der Waals surface area contributed by atoms with Gasteiger partial charge in [0.25, 0.3) is 0 Å². The van der Waals surface area contributed by atoms with Gasteiger partial charge in [-0.15, -0.1) is 0 Å². The lowest BCUT2D eigenvalue weighted by Crippen LogP contribution is -2.37. The topological polar surface area (TPSA) is 131 Å². The van der Waals surface area contributed by atoms with Crippen molar-refractivity contribution in [3.63, 3.8) is 0 Å². The maximum atomic E-state index is 12.6. The summed E-state index contributed by atoms with van der Waals surface area (Å²) in [5.41, 5.74) is 6.65. The number of ether oxygens (including phenoxy) is 4. The summed E-state index contributed by atoms with van der Waals surface area (Å²) in [6, 6.07) is 3.73. The van der Waals surface area contributed by atoms with Crippen LogP contribution >= 0.6 is 0 Å². The van der Waals surface area contributed by atoms with Gasteiger partial charge < -0.3 is 24.7 Å². The Morgan fingerprint density at radius 1 is 0.811 bits per heavy atom. The molecular weight excluding hydrogens is 478 g/mol. The average molecular weight is 522 g/mol. The largest absolute Gasteiger partial charge is 0.462 e. The van der Waals surface area contributed by atoms with Crippen molar-refractivity contribution in [1.82, 2.24) is 0 Å². The van der Waals surface area contributed by atoms with Crippen LogP contribution in [0.5, 0.6) is 11.5 Å². The van der Waals surface area contributed by atoms with Crippen LogP contribution in [0.4, 0.5) is 0 Å². The number of benzene rings is 1. The van der Waals surface area contributed by atoms with E-state index in [4.69, 9.17) is 24.7 Å². The molecule has 2 unspecified atom stereocenters.